The average Bonchev–Trinajstić information content (AvgIpc) is 3.04. The van der Waals surface area contributed by atoms with Crippen molar-refractivity contribution in [3.63, 3.8) is 0 Å². The predicted molar refractivity (Wildman–Crippen MR) is 93.5 cm³/mol. The van der Waals surface area contributed by atoms with Crippen molar-refractivity contribution in [1.29, 1.82) is 0 Å². The fourth-order valence-corrected chi connectivity index (χ4v) is 2.65. The second-order valence-corrected chi connectivity index (χ2v) is 5.46. The summed E-state index contributed by atoms with van der Waals surface area (Å²) >= 11 is 0. The summed E-state index contributed by atoms with van der Waals surface area (Å²) in [6.07, 6.45) is 0.778. The lowest BCUT2D eigenvalue weighted by molar-refractivity contribution is 0.0320. The number of esters is 1. The molecular formula is C19H18N2O3. The minimum Gasteiger partial charge on any atom is -0.451 e. The zero-order chi connectivity index (χ0) is 17.1. The Labute approximate surface area is 139 Å². The van der Waals surface area contributed by atoms with Crippen molar-refractivity contribution in [2.75, 3.05) is 12.4 Å². The number of nitrogens with one attached hydrogen (secondary N) is 2. The summed E-state index contributed by atoms with van der Waals surface area (Å²) in [6, 6.07) is 14.5. The maximum Gasteiger partial charge on any atom is 0.340 e. The number of aromatic nitrogens is 1. The summed E-state index contributed by atoms with van der Waals surface area (Å²) in [4.78, 5) is 28.0. The molecule has 0 aliphatic rings. The van der Waals surface area contributed by atoms with Crippen LogP contribution in [0, 0.1) is 0 Å². The highest BCUT2D eigenvalue weighted by Crippen LogP contribution is 2.21. The van der Waals surface area contributed by atoms with Crippen molar-refractivity contribution in [3.05, 3.63) is 65.9 Å². The lowest BCUT2D eigenvalue weighted by Crippen LogP contribution is -2.24. The van der Waals surface area contributed by atoms with Gasteiger partial charge in [0.25, 0.3) is 0 Å². The van der Waals surface area contributed by atoms with Crippen LogP contribution in [0.2, 0.25) is 0 Å². The second-order valence-electron chi connectivity index (χ2n) is 5.46. The summed E-state index contributed by atoms with van der Waals surface area (Å²) in [5.41, 5.74) is 2.46. The molecule has 0 radical (unpaired) electrons. The molecule has 0 bridgehead atoms. The van der Waals surface area contributed by atoms with E-state index >= 15 is 0 Å². The third kappa shape index (κ3) is 2.88. The van der Waals surface area contributed by atoms with Gasteiger partial charge in [0, 0.05) is 35.4 Å². The van der Waals surface area contributed by atoms with Crippen LogP contribution in [0.25, 0.3) is 10.9 Å². The van der Waals surface area contributed by atoms with E-state index in [0.29, 0.717) is 16.8 Å². The summed E-state index contributed by atoms with van der Waals surface area (Å²) in [5, 5.41) is 3.76. The molecule has 1 atom stereocenters. The molecule has 1 heterocycles. The zero-order valence-electron chi connectivity index (χ0n) is 13.5. The number of rotatable bonds is 5. The van der Waals surface area contributed by atoms with Gasteiger partial charge < -0.3 is 15.0 Å². The molecule has 1 aromatic heterocycles. The van der Waals surface area contributed by atoms with Crippen molar-refractivity contribution in [2.45, 2.75) is 13.0 Å². The molecule has 5 heteroatoms. The van der Waals surface area contributed by atoms with Gasteiger partial charge in [-0.25, -0.2) is 4.79 Å². The Morgan fingerprint density at radius 3 is 2.54 bits per heavy atom. The molecule has 3 rings (SSSR count). The fraction of sp³-hybridized carbons (Fsp3) is 0.158. The number of benzene rings is 2. The lowest BCUT2D eigenvalue weighted by Gasteiger charge is -2.14. The molecule has 0 aliphatic carbocycles. The molecule has 0 saturated carbocycles. The van der Waals surface area contributed by atoms with E-state index in [4.69, 9.17) is 4.74 Å². The van der Waals surface area contributed by atoms with Crippen LogP contribution in [0.3, 0.4) is 0 Å². The maximum atomic E-state index is 12.6. The van der Waals surface area contributed by atoms with Gasteiger partial charge in [-0.15, -0.1) is 0 Å². The monoisotopic (exact) mass is 322 g/mol. The number of ketones is 1. The number of ether oxygens (including phenoxy) is 1. The van der Waals surface area contributed by atoms with Crippen LogP contribution in [0.1, 0.15) is 27.6 Å². The van der Waals surface area contributed by atoms with Crippen molar-refractivity contribution in [3.8, 4) is 0 Å². The lowest BCUT2D eigenvalue weighted by atomic mass is 10.1. The normalized spacial score (nSPS) is 11.9. The first kappa shape index (κ1) is 15.8. The van der Waals surface area contributed by atoms with Gasteiger partial charge in [0.15, 0.2) is 6.10 Å². The summed E-state index contributed by atoms with van der Waals surface area (Å²) < 4.78 is 5.37. The topological polar surface area (TPSA) is 71.2 Å². The number of aromatic amines is 1. The quantitative estimate of drug-likeness (QED) is 0.556. The Morgan fingerprint density at radius 1 is 1.04 bits per heavy atom. The van der Waals surface area contributed by atoms with E-state index in [1.807, 2.05) is 30.3 Å². The SMILES string of the molecule is CNc1ccccc1C(=O)O[C@H](C)C(=O)c1c[nH]c2ccccc12. The minimum absolute atomic E-state index is 0.234. The first-order valence-electron chi connectivity index (χ1n) is 7.70. The van der Waals surface area contributed by atoms with E-state index in [2.05, 4.69) is 10.3 Å². The molecule has 0 saturated heterocycles. The molecule has 3 aromatic rings. The summed E-state index contributed by atoms with van der Waals surface area (Å²) in [6.45, 7) is 1.59. The smallest absolute Gasteiger partial charge is 0.340 e. The van der Waals surface area contributed by atoms with Crippen LogP contribution >= 0.6 is 0 Å². The van der Waals surface area contributed by atoms with Crippen molar-refractivity contribution in [2.24, 2.45) is 0 Å². The van der Waals surface area contributed by atoms with E-state index in [1.165, 1.54) is 0 Å². The molecule has 2 aromatic carbocycles. The maximum absolute atomic E-state index is 12.6. The number of para-hydroxylation sites is 2. The van der Waals surface area contributed by atoms with Gasteiger partial charge in [-0.2, -0.15) is 0 Å². The third-order valence-electron chi connectivity index (χ3n) is 3.92. The Morgan fingerprint density at radius 2 is 1.75 bits per heavy atom. The van der Waals surface area contributed by atoms with E-state index in [9.17, 15) is 9.59 Å². The van der Waals surface area contributed by atoms with Crippen molar-refractivity contribution >= 4 is 28.3 Å². The molecule has 0 unspecified atom stereocenters. The molecule has 24 heavy (non-hydrogen) atoms. The van der Waals surface area contributed by atoms with E-state index in [1.54, 1.807) is 38.4 Å². The van der Waals surface area contributed by atoms with E-state index < -0.39 is 12.1 Å². The standard InChI is InChI=1S/C19H18N2O3/c1-12(24-19(23)14-8-4-5-9-16(14)20-2)18(22)15-11-21-17-10-6-3-7-13(15)17/h3-12,20-21H,1-2H3/t12-/m1/s1. The fourth-order valence-electron chi connectivity index (χ4n) is 2.65. The summed E-state index contributed by atoms with van der Waals surface area (Å²) in [7, 11) is 1.73. The van der Waals surface area contributed by atoms with E-state index in [-0.39, 0.29) is 5.78 Å². The molecule has 0 aliphatic heterocycles. The Bertz CT molecular complexity index is 898. The van der Waals surface area contributed by atoms with Crippen molar-refractivity contribution in [1.82, 2.24) is 4.98 Å². The van der Waals surface area contributed by atoms with Gasteiger partial charge >= 0.3 is 5.97 Å². The van der Waals surface area contributed by atoms with Crippen LogP contribution < -0.4 is 5.32 Å². The number of carbonyl (C=O) groups is 2. The van der Waals surface area contributed by atoms with Gasteiger partial charge in [0.2, 0.25) is 5.78 Å². The number of fused-ring (bicyclic) bond motifs is 1. The molecule has 5 nitrogen and oxygen atoms in total. The van der Waals surface area contributed by atoms with Crippen molar-refractivity contribution < 1.29 is 14.3 Å². The molecule has 0 fully saturated rings. The third-order valence-corrected chi connectivity index (χ3v) is 3.92. The van der Waals surface area contributed by atoms with Crippen LogP contribution in [0.5, 0.6) is 0 Å². The Kier molecular flexibility index (Phi) is 4.33. The Balaban J connectivity index is 1.80. The number of hydrogen-bond acceptors (Lipinski definition) is 4. The van der Waals surface area contributed by atoms with Crippen LogP contribution in [0.4, 0.5) is 5.69 Å². The highest BCUT2D eigenvalue weighted by atomic mass is 16.5. The number of anilines is 1. The number of Topliss-reactive ketones (excluding diaryl/α,β-unsaturated/α-hetero) is 1. The molecular weight excluding hydrogens is 304 g/mol. The summed E-state index contributed by atoms with van der Waals surface area (Å²) in [5.74, 6) is -0.761. The first-order chi connectivity index (χ1) is 11.6. The van der Waals surface area contributed by atoms with Gasteiger partial charge in [-0.3, -0.25) is 4.79 Å². The van der Waals surface area contributed by atoms with Gasteiger partial charge in [0.05, 0.1) is 5.56 Å². The zero-order valence-corrected chi connectivity index (χ0v) is 13.5. The molecule has 0 spiro atoms. The molecule has 122 valence electrons. The average molecular weight is 322 g/mol. The van der Waals surface area contributed by atoms with Gasteiger partial charge in [0.1, 0.15) is 0 Å². The van der Waals surface area contributed by atoms with Gasteiger partial charge in [-0.1, -0.05) is 30.3 Å². The number of H-pyrrole nitrogens is 1. The second kappa shape index (κ2) is 6.58. The number of hydrogen-bond donors (Lipinski definition) is 2. The molecule has 0 amide bonds. The highest BCUT2D eigenvalue weighted by molar-refractivity contribution is 6.10. The Hall–Kier alpha value is -3.08. The number of carbonyl (C=O) groups excluding carboxylic acids is 2. The first-order valence-corrected chi connectivity index (χ1v) is 7.70. The molecule has 2 N–H and O–H groups in total. The van der Waals surface area contributed by atoms with E-state index in [0.717, 1.165) is 10.9 Å². The van der Waals surface area contributed by atoms with Crippen LogP contribution in [0.15, 0.2) is 54.7 Å². The van der Waals surface area contributed by atoms with Gasteiger partial charge in [-0.05, 0) is 25.1 Å². The largest absolute Gasteiger partial charge is 0.451 e. The highest BCUT2D eigenvalue weighted by Gasteiger charge is 2.23. The predicted octanol–water partition coefficient (Wildman–Crippen LogP) is 3.64. The van der Waals surface area contributed by atoms with Crippen LogP contribution in [-0.4, -0.2) is 29.9 Å². The minimum atomic E-state index is -0.874. The van der Waals surface area contributed by atoms with Crippen LogP contribution in [-0.2, 0) is 4.74 Å².